The van der Waals surface area contributed by atoms with Crippen LogP contribution in [0.3, 0.4) is 0 Å². The van der Waals surface area contributed by atoms with Gasteiger partial charge in [-0.15, -0.1) is 0 Å². The highest BCUT2D eigenvalue weighted by Gasteiger charge is 2.37. The second-order valence-electron chi connectivity index (χ2n) is 6.20. The predicted octanol–water partition coefficient (Wildman–Crippen LogP) is 3.56. The molecule has 0 radical (unpaired) electrons. The first kappa shape index (κ1) is 16.9. The van der Waals surface area contributed by atoms with Gasteiger partial charge in [-0.3, -0.25) is 4.98 Å². The average Bonchev–Trinajstić information content (AvgIpc) is 2.68. The van der Waals surface area contributed by atoms with Crippen LogP contribution in [0.1, 0.15) is 22.7 Å². The van der Waals surface area contributed by atoms with E-state index in [9.17, 15) is 12.8 Å². The number of pyridine rings is 1. The predicted molar refractivity (Wildman–Crippen MR) is 96.5 cm³/mol. The van der Waals surface area contributed by atoms with Crippen LogP contribution < -0.4 is 0 Å². The summed E-state index contributed by atoms with van der Waals surface area (Å²) in [5.74, 6) is -0.460. The Morgan fingerprint density at radius 2 is 1.65 bits per heavy atom. The van der Waals surface area contributed by atoms with Gasteiger partial charge in [0, 0.05) is 18.9 Å². The monoisotopic (exact) mass is 368 g/mol. The molecule has 0 saturated heterocycles. The van der Waals surface area contributed by atoms with E-state index in [2.05, 4.69) is 4.98 Å². The number of nitrogens with zero attached hydrogens (tertiary/aromatic N) is 2. The van der Waals surface area contributed by atoms with Crippen molar-refractivity contribution >= 4 is 10.0 Å². The lowest BCUT2D eigenvalue weighted by atomic mass is 9.90. The lowest BCUT2D eigenvalue weighted by Crippen LogP contribution is -2.40. The standard InChI is InChI=1S/C20H17FN2O2S/c21-17-5-7-18(8-6-17)26(24,25)23-14-11-15-3-1-2-4-19(15)20(23)16-9-12-22-13-10-16/h1-10,12-13,20H,11,14H2. The first-order valence-electron chi connectivity index (χ1n) is 8.32. The van der Waals surface area contributed by atoms with E-state index >= 15 is 0 Å². The van der Waals surface area contributed by atoms with Crippen LogP contribution in [-0.2, 0) is 16.4 Å². The molecule has 1 unspecified atom stereocenters. The fraction of sp³-hybridized carbons (Fsp3) is 0.150. The van der Waals surface area contributed by atoms with Crippen molar-refractivity contribution in [3.8, 4) is 0 Å². The van der Waals surface area contributed by atoms with Crippen molar-refractivity contribution in [2.24, 2.45) is 0 Å². The summed E-state index contributed by atoms with van der Waals surface area (Å²) in [5, 5.41) is 0. The second-order valence-corrected chi connectivity index (χ2v) is 8.09. The van der Waals surface area contributed by atoms with Gasteiger partial charge in [0.05, 0.1) is 10.9 Å². The Hall–Kier alpha value is -2.57. The molecule has 1 aromatic heterocycles. The van der Waals surface area contributed by atoms with E-state index in [1.807, 2.05) is 36.4 Å². The molecule has 1 atom stereocenters. The van der Waals surface area contributed by atoms with Gasteiger partial charge in [-0.05, 0) is 59.5 Å². The summed E-state index contributed by atoms with van der Waals surface area (Å²) in [5.41, 5.74) is 2.97. The minimum absolute atomic E-state index is 0.0948. The summed E-state index contributed by atoms with van der Waals surface area (Å²) in [6.45, 7) is 0.365. The molecule has 3 aromatic rings. The fourth-order valence-electron chi connectivity index (χ4n) is 3.44. The SMILES string of the molecule is O=S(=O)(c1ccc(F)cc1)N1CCc2ccccc2C1c1ccncc1. The van der Waals surface area contributed by atoms with Crippen LogP contribution in [0.15, 0.2) is 78.0 Å². The van der Waals surface area contributed by atoms with E-state index in [0.29, 0.717) is 13.0 Å². The zero-order chi connectivity index (χ0) is 18.1. The maximum Gasteiger partial charge on any atom is 0.243 e. The van der Waals surface area contributed by atoms with Gasteiger partial charge in [0.15, 0.2) is 0 Å². The van der Waals surface area contributed by atoms with Crippen molar-refractivity contribution in [3.63, 3.8) is 0 Å². The van der Waals surface area contributed by atoms with Gasteiger partial charge in [0.2, 0.25) is 10.0 Å². The fourth-order valence-corrected chi connectivity index (χ4v) is 5.03. The zero-order valence-corrected chi connectivity index (χ0v) is 14.7. The number of aromatic nitrogens is 1. The first-order valence-corrected chi connectivity index (χ1v) is 9.76. The molecule has 2 aromatic carbocycles. The van der Waals surface area contributed by atoms with Crippen LogP contribution in [0.25, 0.3) is 0 Å². The zero-order valence-electron chi connectivity index (χ0n) is 13.9. The molecule has 6 heteroatoms. The summed E-state index contributed by atoms with van der Waals surface area (Å²) in [6.07, 6.45) is 3.96. The highest BCUT2D eigenvalue weighted by molar-refractivity contribution is 7.89. The van der Waals surface area contributed by atoms with Gasteiger partial charge < -0.3 is 0 Å². The molecule has 4 nitrogen and oxygen atoms in total. The van der Waals surface area contributed by atoms with E-state index in [1.165, 1.54) is 28.6 Å². The Morgan fingerprint density at radius 3 is 2.38 bits per heavy atom. The molecule has 2 heterocycles. The Kier molecular flexibility index (Phi) is 4.30. The third-order valence-corrected chi connectivity index (χ3v) is 6.56. The summed E-state index contributed by atoms with van der Waals surface area (Å²) < 4.78 is 41.3. The van der Waals surface area contributed by atoms with Gasteiger partial charge >= 0.3 is 0 Å². The van der Waals surface area contributed by atoms with Gasteiger partial charge in [0.1, 0.15) is 5.82 Å². The Balaban J connectivity index is 1.86. The molecule has 0 amide bonds. The number of sulfonamides is 1. The van der Waals surface area contributed by atoms with Gasteiger partial charge in [0.25, 0.3) is 0 Å². The largest absolute Gasteiger partial charge is 0.265 e. The maximum atomic E-state index is 13.3. The molecule has 1 aliphatic rings. The first-order chi connectivity index (χ1) is 12.6. The van der Waals surface area contributed by atoms with E-state index in [0.717, 1.165) is 16.7 Å². The molecule has 26 heavy (non-hydrogen) atoms. The smallest absolute Gasteiger partial charge is 0.243 e. The average molecular weight is 368 g/mol. The van der Waals surface area contributed by atoms with Crippen molar-refractivity contribution in [1.82, 2.24) is 9.29 Å². The lowest BCUT2D eigenvalue weighted by molar-refractivity contribution is 0.344. The summed E-state index contributed by atoms with van der Waals surface area (Å²) >= 11 is 0. The number of benzene rings is 2. The normalized spacial score (nSPS) is 17.7. The number of fused-ring (bicyclic) bond motifs is 1. The Bertz CT molecular complexity index is 1020. The van der Waals surface area contributed by atoms with E-state index < -0.39 is 21.9 Å². The van der Waals surface area contributed by atoms with Crippen LogP contribution >= 0.6 is 0 Å². The van der Waals surface area contributed by atoms with Crippen LogP contribution in [0.5, 0.6) is 0 Å². The van der Waals surface area contributed by atoms with Gasteiger partial charge in [-0.2, -0.15) is 4.31 Å². The molecule has 0 N–H and O–H groups in total. The van der Waals surface area contributed by atoms with E-state index in [-0.39, 0.29) is 4.90 Å². The molecule has 0 saturated carbocycles. The third-order valence-electron chi connectivity index (χ3n) is 4.68. The molecule has 0 aliphatic carbocycles. The van der Waals surface area contributed by atoms with Crippen molar-refractivity contribution in [3.05, 3.63) is 95.6 Å². The molecule has 132 valence electrons. The minimum atomic E-state index is -3.77. The summed E-state index contributed by atoms with van der Waals surface area (Å²) in [6, 6.07) is 16.1. The second kappa shape index (κ2) is 6.63. The number of rotatable bonds is 3. The highest BCUT2D eigenvalue weighted by atomic mass is 32.2. The molecular formula is C20H17FN2O2S. The van der Waals surface area contributed by atoms with Crippen LogP contribution in [-0.4, -0.2) is 24.3 Å². The molecule has 1 aliphatic heterocycles. The maximum absolute atomic E-state index is 13.3. The number of halogens is 1. The summed E-state index contributed by atoms with van der Waals surface area (Å²) in [7, 11) is -3.77. The quantitative estimate of drug-likeness (QED) is 0.710. The molecule has 4 rings (SSSR count). The third kappa shape index (κ3) is 2.91. The minimum Gasteiger partial charge on any atom is -0.265 e. The van der Waals surface area contributed by atoms with Crippen LogP contribution in [0, 0.1) is 5.82 Å². The van der Waals surface area contributed by atoms with Crippen LogP contribution in [0.2, 0.25) is 0 Å². The lowest BCUT2D eigenvalue weighted by Gasteiger charge is -2.36. The van der Waals surface area contributed by atoms with Gasteiger partial charge in [-0.25, -0.2) is 12.8 Å². The van der Waals surface area contributed by atoms with Crippen LogP contribution in [0.4, 0.5) is 4.39 Å². The Morgan fingerprint density at radius 1 is 0.962 bits per heavy atom. The van der Waals surface area contributed by atoms with Crippen molar-refractivity contribution in [2.75, 3.05) is 6.54 Å². The highest BCUT2D eigenvalue weighted by Crippen LogP contribution is 2.38. The van der Waals surface area contributed by atoms with Crippen molar-refractivity contribution in [2.45, 2.75) is 17.4 Å². The molecule has 0 bridgehead atoms. The van der Waals surface area contributed by atoms with Crippen molar-refractivity contribution in [1.29, 1.82) is 0 Å². The van der Waals surface area contributed by atoms with Gasteiger partial charge in [-0.1, -0.05) is 24.3 Å². The molecule has 0 spiro atoms. The van der Waals surface area contributed by atoms with Crippen molar-refractivity contribution < 1.29 is 12.8 Å². The Labute approximate surface area is 152 Å². The molecule has 0 fully saturated rings. The number of hydrogen-bond acceptors (Lipinski definition) is 3. The van der Waals surface area contributed by atoms with E-state index in [1.54, 1.807) is 12.4 Å². The van der Waals surface area contributed by atoms with E-state index in [4.69, 9.17) is 0 Å². The topological polar surface area (TPSA) is 50.3 Å². The molecular weight excluding hydrogens is 351 g/mol. The number of hydrogen-bond donors (Lipinski definition) is 0. The summed E-state index contributed by atoms with van der Waals surface area (Å²) in [4.78, 5) is 4.14.